The van der Waals surface area contributed by atoms with Gasteiger partial charge in [-0.05, 0) is 81.3 Å². The number of rotatable bonds is 6. The first-order valence-corrected chi connectivity index (χ1v) is 15.5. The molecule has 43 heavy (non-hydrogen) atoms. The molecule has 4 heterocycles. The summed E-state index contributed by atoms with van der Waals surface area (Å²) < 4.78 is 4.93. The van der Waals surface area contributed by atoms with Crippen molar-refractivity contribution in [3.63, 3.8) is 0 Å². The Balaban J connectivity index is 0.988. The largest absolute Gasteiger partial charge is 0.507 e. The molecule has 226 valence electrons. The second-order valence-corrected chi connectivity index (χ2v) is 13.0. The number of H-pyrrole nitrogens is 1. The maximum atomic E-state index is 11.8. The van der Waals surface area contributed by atoms with E-state index in [0.717, 1.165) is 80.2 Å². The highest BCUT2D eigenvalue weighted by atomic mass is 16.5. The van der Waals surface area contributed by atoms with Crippen LogP contribution in [0.5, 0.6) is 5.75 Å². The van der Waals surface area contributed by atoms with Gasteiger partial charge in [0, 0.05) is 71.4 Å². The summed E-state index contributed by atoms with van der Waals surface area (Å²) in [5.74, 6) is 1.98. The van der Waals surface area contributed by atoms with E-state index >= 15 is 0 Å². The molecule has 3 aromatic rings. The Bertz CT molecular complexity index is 1540. The van der Waals surface area contributed by atoms with Gasteiger partial charge in [0.15, 0.2) is 0 Å². The molecule has 3 fully saturated rings. The first kappa shape index (κ1) is 27.8. The topological polar surface area (TPSA) is 147 Å². The molecule has 1 saturated heterocycles. The Morgan fingerprint density at radius 3 is 2.65 bits per heavy atom. The number of nitrogens with one attached hydrogen (secondary N) is 1. The summed E-state index contributed by atoms with van der Waals surface area (Å²) in [6.07, 6.45) is 11.2. The molecule has 7 rings (SSSR count). The molecule has 10 heteroatoms. The minimum atomic E-state index is -0.0347. The van der Waals surface area contributed by atoms with Crippen LogP contribution < -0.4 is 16.4 Å². The Labute approximate surface area is 252 Å². The summed E-state index contributed by atoms with van der Waals surface area (Å²) in [7, 11) is 1.49. The van der Waals surface area contributed by atoms with Crippen LogP contribution >= 0.6 is 0 Å². The van der Waals surface area contributed by atoms with Gasteiger partial charge in [0.1, 0.15) is 11.6 Å². The van der Waals surface area contributed by atoms with Gasteiger partial charge in [-0.3, -0.25) is 4.79 Å². The lowest BCUT2D eigenvalue weighted by molar-refractivity contribution is -0.163. The maximum absolute atomic E-state index is 11.8. The average Bonchev–Trinajstić information content (AvgIpc) is 3.29. The van der Waals surface area contributed by atoms with Crippen molar-refractivity contribution in [2.45, 2.75) is 63.5 Å². The number of phenols is 1. The highest BCUT2D eigenvalue weighted by Gasteiger charge is 2.56. The van der Waals surface area contributed by atoms with Gasteiger partial charge in [-0.15, -0.1) is 0 Å². The quantitative estimate of drug-likeness (QED) is 0.316. The fraction of sp³-hybridized carbons (Fsp3) is 0.485. The van der Waals surface area contributed by atoms with Gasteiger partial charge in [0.05, 0.1) is 13.0 Å². The van der Waals surface area contributed by atoms with Crippen molar-refractivity contribution in [2.24, 2.45) is 17.1 Å². The molecule has 2 saturated carbocycles. The molecule has 2 aliphatic heterocycles. The van der Waals surface area contributed by atoms with E-state index in [-0.39, 0.29) is 17.6 Å². The number of nitrogens with zero attached hydrogens (tertiary/aromatic N) is 4. The number of piperidine rings is 1. The molecule has 1 aromatic carbocycles. The molecule has 0 atom stereocenters. The molecule has 0 unspecified atom stereocenters. The summed E-state index contributed by atoms with van der Waals surface area (Å²) in [6.45, 7) is 3.61. The standard InChI is InChI=1S/C33H41N7O3/c1-43-31(42)21-15-33(16-21)17-22(18-33)39-11-7-20(8-12-39)27-6-10-36-32(38-27)40-13-9-28-25(19-40)24(30(35)37-28)14-26(34)23-4-2-3-5-29(23)41/h2-6,10,14,20-22,37,41H,7-9,11-13,15-19,34-35H2,1H3/b26-14-. The number of fused-ring (bicyclic) bond motifs is 1. The van der Waals surface area contributed by atoms with E-state index in [1.807, 2.05) is 18.3 Å². The maximum Gasteiger partial charge on any atom is 0.308 e. The van der Waals surface area contributed by atoms with Gasteiger partial charge in [-0.25, -0.2) is 9.97 Å². The monoisotopic (exact) mass is 583 g/mol. The number of methoxy groups -OCH3 is 1. The minimum absolute atomic E-state index is 0.0347. The predicted molar refractivity (Wildman–Crippen MR) is 166 cm³/mol. The van der Waals surface area contributed by atoms with Crippen LogP contribution in [0.3, 0.4) is 0 Å². The predicted octanol–water partition coefficient (Wildman–Crippen LogP) is 4.02. The van der Waals surface area contributed by atoms with Crippen molar-refractivity contribution >= 4 is 29.5 Å². The number of phenolic OH excluding ortho intramolecular Hbond substituents is 1. The van der Waals surface area contributed by atoms with Crippen LogP contribution in [0.15, 0.2) is 36.5 Å². The molecule has 6 N–H and O–H groups in total. The lowest BCUT2D eigenvalue weighted by Crippen LogP contribution is -2.58. The van der Waals surface area contributed by atoms with Crippen molar-refractivity contribution in [3.05, 3.63) is 64.6 Å². The molecule has 2 aromatic heterocycles. The van der Waals surface area contributed by atoms with E-state index in [1.165, 1.54) is 20.0 Å². The van der Waals surface area contributed by atoms with Crippen LogP contribution in [0, 0.1) is 11.3 Å². The number of carbonyl (C=O) groups is 1. The number of benzene rings is 1. The smallest absolute Gasteiger partial charge is 0.308 e. The molecule has 10 nitrogen and oxygen atoms in total. The van der Waals surface area contributed by atoms with E-state index in [1.54, 1.807) is 18.2 Å². The van der Waals surface area contributed by atoms with E-state index in [4.69, 9.17) is 21.2 Å². The highest BCUT2D eigenvalue weighted by molar-refractivity contribution is 5.86. The number of hydrogen-bond donors (Lipinski definition) is 4. The van der Waals surface area contributed by atoms with Crippen molar-refractivity contribution in [2.75, 3.05) is 37.4 Å². The van der Waals surface area contributed by atoms with Crippen molar-refractivity contribution < 1.29 is 14.6 Å². The number of para-hydroxylation sites is 1. The third-order valence-corrected chi connectivity index (χ3v) is 10.4. The zero-order chi connectivity index (χ0) is 29.7. The molecule has 4 aliphatic rings. The van der Waals surface area contributed by atoms with Crippen molar-refractivity contribution in [3.8, 4) is 5.75 Å². The van der Waals surface area contributed by atoms with Crippen LogP contribution in [0.25, 0.3) is 11.8 Å². The Kier molecular flexibility index (Phi) is 7.04. The molecule has 2 aliphatic carbocycles. The number of ether oxygens (including phenoxy) is 1. The third kappa shape index (κ3) is 5.11. The average molecular weight is 584 g/mol. The number of nitrogens with two attached hydrogens (primary N) is 2. The van der Waals surface area contributed by atoms with Crippen molar-refractivity contribution in [1.29, 1.82) is 0 Å². The minimum Gasteiger partial charge on any atom is -0.507 e. The third-order valence-electron chi connectivity index (χ3n) is 10.4. The number of nitrogen functional groups attached to an aromatic ring is 1. The highest BCUT2D eigenvalue weighted by Crippen LogP contribution is 2.60. The number of carbonyl (C=O) groups excluding carboxylic acids is 1. The summed E-state index contributed by atoms with van der Waals surface area (Å²) >= 11 is 0. The fourth-order valence-corrected chi connectivity index (χ4v) is 7.98. The second-order valence-electron chi connectivity index (χ2n) is 13.0. The molecule has 0 bridgehead atoms. The number of aromatic amines is 1. The molecule has 1 spiro atoms. The normalized spacial score (nSPS) is 26.1. The molecule has 0 radical (unpaired) electrons. The number of esters is 1. The van der Waals surface area contributed by atoms with Crippen LogP contribution in [0.4, 0.5) is 11.8 Å². The van der Waals surface area contributed by atoms with E-state index in [9.17, 15) is 9.90 Å². The van der Waals surface area contributed by atoms with Gasteiger partial charge in [0.2, 0.25) is 5.95 Å². The number of likely N-dealkylation sites (tertiary alicyclic amines) is 1. The first-order valence-electron chi connectivity index (χ1n) is 15.5. The van der Waals surface area contributed by atoms with Crippen LogP contribution in [0.2, 0.25) is 0 Å². The van der Waals surface area contributed by atoms with E-state index in [0.29, 0.717) is 41.0 Å². The van der Waals surface area contributed by atoms with E-state index in [2.05, 4.69) is 25.8 Å². The van der Waals surface area contributed by atoms with Gasteiger partial charge < -0.3 is 36.1 Å². The Morgan fingerprint density at radius 2 is 1.91 bits per heavy atom. The summed E-state index contributed by atoms with van der Waals surface area (Å²) in [6, 6.07) is 9.78. The lowest BCUT2D eigenvalue weighted by Gasteiger charge is -2.60. The van der Waals surface area contributed by atoms with E-state index < -0.39 is 0 Å². The fourth-order valence-electron chi connectivity index (χ4n) is 7.98. The number of anilines is 2. The number of hydrogen-bond acceptors (Lipinski definition) is 9. The van der Waals surface area contributed by atoms with Gasteiger partial charge in [-0.2, -0.15) is 0 Å². The zero-order valence-electron chi connectivity index (χ0n) is 24.8. The van der Waals surface area contributed by atoms with Crippen molar-refractivity contribution in [1.82, 2.24) is 19.9 Å². The number of aromatic nitrogens is 3. The molecular formula is C33H41N7O3. The van der Waals surface area contributed by atoms with Gasteiger partial charge >= 0.3 is 5.97 Å². The summed E-state index contributed by atoms with van der Waals surface area (Å²) in [4.78, 5) is 29.8. The summed E-state index contributed by atoms with van der Waals surface area (Å²) in [5.41, 5.74) is 18.4. The number of aromatic hydroxyl groups is 1. The molecule has 0 amide bonds. The zero-order valence-corrected chi connectivity index (χ0v) is 24.8. The van der Waals surface area contributed by atoms with Crippen LogP contribution in [0.1, 0.15) is 72.5 Å². The SMILES string of the molecule is COC(=O)C1CC2(C1)CC(N1CCC(c3ccnc(N4CCc5[nH]c(N)c(/C=C(\N)c6ccccc6O)c5C4)n3)CC1)C2. The van der Waals surface area contributed by atoms with Gasteiger partial charge in [-0.1, -0.05) is 12.1 Å². The molecular weight excluding hydrogens is 542 g/mol. The Morgan fingerprint density at radius 1 is 1.14 bits per heavy atom. The Hall–Kier alpha value is -4.05. The van der Waals surface area contributed by atoms with Crippen LogP contribution in [-0.2, 0) is 22.5 Å². The first-order chi connectivity index (χ1) is 20.8. The summed E-state index contributed by atoms with van der Waals surface area (Å²) in [5, 5.41) is 10.3. The second kappa shape index (κ2) is 10.9. The lowest BCUT2D eigenvalue weighted by atomic mass is 9.49. The van der Waals surface area contributed by atoms with Gasteiger partial charge in [0.25, 0.3) is 0 Å². The van der Waals surface area contributed by atoms with Crippen LogP contribution in [-0.4, -0.2) is 63.7 Å².